The van der Waals surface area contributed by atoms with E-state index >= 15 is 0 Å². The van der Waals surface area contributed by atoms with Crippen molar-refractivity contribution >= 4 is 21.5 Å². The van der Waals surface area contributed by atoms with Crippen LogP contribution in [0.3, 0.4) is 0 Å². The Morgan fingerprint density at radius 3 is 2.04 bits per heavy atom. The van der Waals surface area contributed by atoms with E-state index in [4.69, 9.17) is 0 Å². The van der Waals surface area contributed by atoms with Gasteiger partial charge in [-0.1, -0.05) is 97.1 Å². The molecule has 224 valence electrons. The van der Waals surface area contributed by atoms with Crippen molar-refractivity contribution < 1.29 is 0 Å². The van der Waals surface area contributed by atoms with Gasteiger partial charge in [0.2, 0.25) is 0 Å². The summed E-state index contributed by atoms with van der Waals surface area (Å²) in [5, 5.41) is 5.55. The van der Waals surface area contributed by atoms with Gasteiger partial charge in [-0.25, -0.2) is 0 Å². The predicted octanol–water partition coefficient (Wildman–Crippen LogP) is 11.1. The van der Waals surface area contributed by atoms with Crippen molar-refractivity contribution in [2.75, 3.05) is 0 Å². The van der Waals surface area contributed by atoms with Crippen LogP contribution in [0.5, 0.6) is 0 Å². The van der Waals surface area contributed by atoms with E-state index in [0.29, 0.717) is 0 Å². The minimum atomic E-state index is 0.953. The molecule has 0 aromatic heterocycles. The fourth-order valence-electron chi connectivity index (χ4n) is 8.41. The molecule has 0 unspecified atom stereocenters. The van der Waals surface area contributed by atoms with Gasteiger partial charge in [-0.3, -0.25) is 0 Å². The molecule has 45 heavy (non-hydrogen) atoms. The molecule has 0 saturated heterocycles. The molecule has 2 aliphatic carbocycles. The van der Waals surface area contributed by atoms with Crippen LogP contribution in [-0.4, -0.2) is 0 Å². The van der Waals surface area contributed by atoms with Gasteiger partial charge in [0.1, 0.15) is 0 Å². The van der Waals surface area contributed by atoms with Crippen LogP contribution in [0.4, 0.5) is 0 Å². The molecular weight excluding hydrogens is 540 g/mol. The lowest BCUT2D eigenvalue weighted by atomic mass is 9.85. The molecule has 0 spiro atoms. The van der Waals surface area contributed by atoms with Gasteiger partial charge in [-0.05, 0) is 173 Å². The zero-order valence-electron chi connectivity index (χ0n) is 27.0. The number of hydrogen-bond acceptors (Lipinski definition) is 0. The summed E-state index contributed by atoms with van der Waals surface area (Å²) in [6.07, 6.45) is 13.3. The molecule has 0 saturated carbocycles. The Kier molecular flexibility index (Phi) is 7.54. The van der Waals surface area contributed by atoms with Crippen molar-refractivity contribution in [1.29, 1.82) is 0 Å². The summed E-state index contributed by atoms with van der Waals surface area (Å²) in [7, 11) is 0. The van der Waals surface area contributed by atoms with E-state index < -0.39 is 0 Å². The minimum absolute atomic E-state index is 0.953. The van der Waals surface area contributed by atoms with Gasteiger partial charge in [-0.2, -0.15) is 0 Å². The highest BCUT2D eigenvalue weighted by molar-refractivity contribution is 5.90. The minimum Gasteiger partial charge on any atom is -0.0617 e. The van der Waals surface area contributed by atoms with E-state index in [9.17, 15) is 0 Å². The van der Waals surface area contributed by atoms with Crippen molar-refractivity contribution in [3.8, 4) is 0 Å². The van der Waals surface area contributed by atoms with Crippen LogP contribution < -0.4 is 0 Å². The largest absolute Gasteiger partial charge is 0.0617 e. The second-order valence-electron chi connectivity index (χ2n) is 14.0. The maximum absolute atomic E-state index is 2.50. The summed E-state index contributed by atoms with van der Waals surface area (Å²) in [5.74, 6) is 0. The average molecular weight is 585 g/mol. The SMILES string of the molecule is Cc1cc(Cc2cccc3c2CCCC3)cc2ccc(Cc3cc(Cc4ccc5c(c4)CCCC5)c4cccc(C)c4c3)cc12. The fraction of sp³-hybridized carbons (Fsp3) is 0.289. The molecule has 0 heteroatoms. The van der Waals surface area contributed by atoms with Crippen molar-refractivity contribution in [3.05, 3.63) is 164 Å². The highest BCUT2D eigenvalue weighted by atomic mass is 14.2. The van der Waals surface area contributed by atoms with Gasteiger partial charge in [0, 0.05) is 0 Å². The Balaban J connectivity index is 1.10. The van der Waals surface area contributed by atoms with Crippen LogP contribution in [0.25, 0.3) is 21.5 Å². The maximum Gasteiger partial charge on any atom is -0.00194 e. The first-order chi connectivity index (χ1) is 22.1. The van der Waals surface area contributed by atoms with E-state index in [0.717, 1.165) is 19.3 Å². The Bertz CT molecular complexity index is 2060. The molecule has 0 bridgehead atoms. The van der Waals surface area contributed by atoms with Crippen molar-refractivity contribution in [2.24, 2.45) is 0 Å². The lowest BCUT2D eigenvalue weighted by Gasteiger charge is -2.20. The van der Waals surface area contributed by atoms with Crippen LogP contribution in [0, 0.1) is 13.8 Å². The topological polar surface area (TPSA) is 0 Å². The third-order valence-electron chi connectivity index (χ3n) is 10.7. The van der Waals surface area contributed by atoms with Gasteiger partial charge >= 0.3 is 0 Å². The molecule has 0 heterocycles. The number of aryl methyl sites for hydroxylation is 5. The van der Waals surface area contributed by atoms with E-state index in [2.05, 4.69) is 111 Å². The molecule has 2 aliphatic rings. The zero-order valence-corrected chi connectivity index (χ0v) is 27.0. The number of fused-ring (bicyclic) bond motifs is 4. The van der Waals surface area contributed by atoms with Gasteiger partial charge in [0.05, 0.1) is 0 Å². The van der Waals surface area contributed by atoms with Crippen LogP contribution in [0.1, 0.15) is 92.4 Å². The monoisotopic (exact) mass is 584 g/mol. The first-order valence-electron chi connectivity index (χ1n) is 17.3. The van der Waals surface area contributed by atoms with Gasteiger partial charge in [-0.15, -0.1) is 0 Å². The Labute approximate surface area is 269 Å². The van der Waals surface area contributed by atoms with Crippen LogP contribution in [-0.2, 0) is 44.9 Å². The quantitative estimate of drug-likeness (QED) is 0.183. The molecule has 0 nitrogen and oxygen atoms in total. The average Bonchev–Trinajstić information content (AvgIpc) is 3.06. The smallest absolute Gasteiger partial charge is 0.00194 e. The zero-order chi connectivity index (χ0) is 30.3. The Morgan fingerprint density at radius 1 is 0.422 bits per heavy atom. The van der Waals surface area contributed by atoms with E-state index in [1.807, 2.05) is 0 Å². The standard InChI is InChI=1S/C45H44/c1-30-9-7-16-43-41(24-33-17-19-36-10-3-4-12-38(36)23-33)27-35(29-45(30)43)22-32-18-20-40-26-34(21-31(2)44(40)28-32)25-39-14-8-13-37-11-5-6-15-42(37)39/h7-9,13-14,16-21,23,26-29H,3-6,10-12,15,22,24-25H2,1-2H3. The third kappa shape index (κ3) is 5.72. The van der Waals surface area contributed by atoms with Gasteiger partial charge in [0.15, 0.2) is 0 Å². The molecule has 0 fully saturated rings. The first kappa shape index (κ1) is 28.3. The maximum atomic E-state index is 2.50. The highest BCUT2D eigenvalue weighted by Crippen LogP contribution is 2.32. The van der Waals surface area contributed by atoms with Crippen LogP contribution >= 0.6 is 0 Å². The van der Waals surface area contributed by atoms with Crippen LogP contribution in [0.15, 0.2) is 97.1 Å². The summed E-state index contributed by atoms with van der Waals surface area (Å²) < 4.78 is 0. The fourth-order valence-corrected chi connectivity index (χ4v) is 8.41. The molecule has 0 N–H and O–H groups in total. The summed E-state index contributed by atoms with van der Waals surface area (Å²) in [5.41, 5.74) is 17.8. The summed E-state index contributed by atoms with van der Waals surface area (Å²) in [6, 6.07) is 38.0. The third-order valence-corrected chi connectivity index (χ3v) is 10.7. The molecule has 8 rings (SSSR count). The summed E-state index contributed by atoms with van der Waals surface area (Å²) in [6.45, 7) is 4.56. The van der Waals surface area contributed by atoms with Crippen molar-refractivity contribution in [1.82, 2.24) is 0 Å². The molecule has 0 atom stereocenters. The summed E-state index contributed by atoms with van der Waals surface area (Å²) >= 11 is 0. The molecule has 6 aromatic carbocycles. The van der Waals surface area contributed by atoms with Gasteiger partial charge in [0.25, 0.3) is 0 Å². The first-order valence-corrected chi connectivity index (χ1v) is 17.3. The molecule has 0 aliphatic heterocycles. The normalized spacial score (nSPS) is 14.4. The predicted molar refractivity (Wildman–Crippen MR) is 192 cm³/mol. The highest BCUT2D eigenvalue weighted by Gasteiger charge is 2.15. The number of benzene rings is 6. The van der Waals surface area contributed by atoms with E-state index in [1.54, 1.807) is 22.3 Å². The van der Waals surface area contributed by atoms with Crippen molar-refractivity contribution in [2.45, 2.75) is 84.5 Å². The Hall–Kier alpha value is -4.16. The number of hydrogen-bond donors (Lipinski definition) is 0. The summed E-state index contributed by atoms with van der Waals surface area (Å²) in [4.78, 5) is 0. The molecule has 0 amide bonds. The molecule has 6 aromatic rings. The van der Waals surface area contributed by atoms with Crippen LogP contribution in [0.2, 0.25) is 0 Å². The van der Waals surface area contributed by atoms with Crippen molar-refractivity contribution in [3.63, 3.8) is 0 Å². The molecule has 0 radical (unpaired) electrons. The van der Waals surface area contributed by atoms with E-state index in [-0.39, 0.29) is 0 Å². The lowest BCUT2D eigenvalue weighted by molar-refractivity contribution is 0.680. The Morgan fingerprint density at radius 2 is 1.13 bits per heavy atom. The van der Waals surface area contributed by atoms with Gasteiger partial charge < -0.3 is 0 Å². The number of rotatable bonds is 6. The second kappa shape index (κ2) is 12.0. The van der Waals surface area contributed by atoms with E-state index in [1.165, 1.54) is 117 Å². The lowest BCUT2D eigenvalue weighted by Crippen LogP contribution is -2.06. The molecular formula is C45H44. The second-order valence-corrected chi connectivity index (χ2v) is 14.0.